The number of benzene rings is 2. The van der Waals surface area contributed by atoms with E-state index in [1.54, 1.807) is 24.4 Å². The molecule has 6 nitrogen and oxygen atoms in total. The van der Waals surface area contributed by atoms with Crippen LogP contribution in [0, 0.1) is 11.6 Å². The Labute approximate surface area is 158 Å². The van der Waals surface area contributed by atoms with Crippen molar-refractivity contribution < 1.29 is 13.6 Å². The van der Waals surface area contributed by atoms with Crippen LogP contribution in [-0.4, -0.2) is 20.5 Å². The monoisotopic (exact) mass is 379 g/mol. The highest BCUT2D eigenvalue weighted by Gasteiger charge is 2.15. The molecule has 0 bridgehead atoms. The lowest BCUT2D eigenvalue weighted by Crippen LogP contribution is -2.12. The number of carbonyl (C=O) groups excluding carboxylic acids is 1. The zero-order chi connectivity index (χ0) is 19.5. The Balaban J connectivity index is 1.55. The first-order valence-electron chi connectivity index (χ1n) is 8.49. The fourth-order valence-corrected chi connectivity index (χ4v) is 2.70. The quantitative estimate of drug-likeness (QED) is 0.552. The number of anilines is 2. The summed E-state index contributed by atoms with van der Waals surface area (Å²) in [7, 11) is 0. The largest absolute Gasteiger partial charge is 0.366 e. The van der Waals surface area contributed by atoms with Gasteiger partial charge in [0.15, 0.2) is 5.65 Å². The Morgan fingerprint density at radius 2 is 1.89 bits per heavy atom. The van der Waals surface area contributed by atoms with Gasteiger partial charge in [0.25, 0.3) is 5.91 Å². The highest BCUT2D eigenvalue weighted by molar-refractivity contribution is 6.08. The molecule has 28 heavy (non-hydrogen) atoms. The molecular weight excluding hydrogens is 364 g/mol. The van der Waals surface area contributed by atoms with Gasteiger partial charge in [0.1, 0.15) is 23.0 Å². The first-order valence-corrected chi connectivity index (χ1v) is 8.49. The second-order valence-electron chi connectivity index (χ2n) is 6.05. The van der Waals surface area contributed by atoms with Crippen LogP contribution in [0.2, 0.25) is 0 Å². The van der Waals surface area contributed by atoms with Crippen molar-refractivity contribution in [2.45, 2.75) is 6.54 Å². The average molecular weight is 379 g/mol. The fraction of sp³-hybridized carbons (Fsp3) is 0.0500. The maximum atomic E-state index is 13.8. The van der Waals surface area contributed by atoms with Gasteiger partial charge in [-0.2, -0.15) is 5.10 Å². The van der Waals surface area contributed by atoms with E-state index in [0.29, 0.717) is 28.3 Å². The summed E-state index contributed by atoms with van der Waals surface area (Å²) < 4.78 is 28.2. The van der Waals surface area contributed by atoms with Crippen molar-refractivity contribution in [2.24, 2.45) is 0 Å². The molecule has 2 aromatic carbocycles. The molecule has 2 N–H and O–H groups in total. The third-order valence-electron chi connectivity index (χ3n) is 4.12. The normalized spacial score (nSPS) is 10.8. The summed E-state index contributed by atoms with van der Waals surface area (Å²) in [5.41, 5.74) is 1.63. The molecule has 2 aromatic heterocycles. The van der Waals surface area contributed by atoms with E-state index in [-0.39, 0.29) is 12.5 Å². The first kappa shape index (κ1) is 17.6. The van der Waals surface area contributed by atoms with Gasteiger partial charge in [-0.05, 0) is 24.3 Å². The molecule has 4 aromatic rings. The number of hydrogen-bond acceptors (Lipinski definition) is 4. The lowest BCUT2D eigenvalue weighted by atomic mass is 10.2. The van der Waals surface area contributed by atoms with Gasteiger partial charge in [-0.3, -0.25) is 4.79 Å². The Morgan fingerprint density at radius 3 is 2.68 bits per heavy atom. The van der Waals surface area contributed by atoms with E-state index in [0.717, 1.165) is 6.07 Å². The molecule has 140 valence electrons. The number of fused-ring (bicyclic) bond motifs is 1. The van der Waals surface area contributed by atoms with Crippen LogP contribution < -0.4 is 10.6 Å². The highest BCUT2D eigenvalue weighted by Crippen LogP contribution is 2.16. The minimum atomic E-state index is -0.638. The number of hydrogen-bond donors (Lipinski definition) is 2. The zero-order valence-electron chi connectivity index (χ0n) is 14.6. The molecule has 0 radical (unpaired) electrons. The van der Waals surface area contributed by atoms with Crippen molar-refractivity contribution >= 4 is 23.1 Å². The third-order valence-corrected chi connectivity index (χ3v) is 4.12. The standard InChI is InChI=1S/C20H15F2N5O/c21-14-7-6-13(17(22)10-14)11-23-18-8-9-27-19(26-18)16(12-24-27)20(28)25-15-4-2-1-3-5-15/h1-10,12H,11H2,(H,23,26)(H,25,28). The van der Waals surface area contributed by atoms with Gasteiger partial charge in [0.05, 0.1) is 6.20 Å². The number of nitrogens with zero attached hydrogens (tertiary/aromatic N) is 3. The molecule has 0 aliphatic rings. The Kier molecular flexibility index (Phi) is 4.67. The van der Waals surface area contributed by atoms with Gasteiger partial charge in [-0.15, -0.1) is 0 Å². The molecule has 2 heterocycles. The van der Waals surface area contributed by atoms with Crippen LogP contribution in [0.5, 0.6) is 0 Å². The van der Waals surface area contributed by atoms with Crippen LogP contribution in [0.15, 0.2) is 67.0 Å². The molecule has 0 saturated carbocycles. The summed E-state index contributed by atoms with van der Waals surface area (Å²) >= 11 is 0. The van der Waals surface area contributed by atoms with E-state index in [1.165, 1.54) is 22.8 Å². The summed E-state index contributed by atoms with van der Waals surface area (Å²) in [4.78, 5) is 16.9. The number of amides is 1. The molecular formula is C20H15F2N5O. The molecule has 0 spiro atoms. The third kappa shape index (κ3) is 3.66. The molecule has 0 atom stereocenters. The molecule has 8 heteroatoms. The number of carbonyl (C=O) groups is 1. The predicted molar refractivity (Wildman–Crippen MR) is 101 cm³/mol. The minimum absolute atomic E-state index is 0.120. The van der Waals surface area contributed by atoms with E-state index in [1.807, 2.05) is 18.2 Å². The smallest absolute Gasteiger partial charge is 0.261 e. The zero-order valence-corrected chi connectivity index (χ0v) is 14.6. The highest BCUT2D eigenvalue weighted by atomic mass is 19.1. The summed E-state index contributed by atoms with van der Waals surface area (Å²) in [5.74, 6) is -1.17. The second kappa shape index (κ2) is 7.43. The lowest BCUT2D eigenvalue weighted by Gasteiger charge is -2.08. The van der Waals surface area contributed by atoms with Crippen LogP contribution in [-0.2, 0) is 6.54 Å². The molecule has 4 rings (SSSR count). The maximum absolute atomic E-state index is 13.8. The van der Waals surface area contributed by atoms with E-state index in [9.17, 15) is 13.6 Å². The summed E-state index contributed by atoms with van der Waals surface area (Å²) in [5, 5.41) is 9.89. The average Bonchev–Trinajstić information content (AvgIpc) is 3.11. The van der Waals surface area contributed by atoms with E-state index < -0.39 is 11.6 Å². The van der Waals surface area contributed by atoms with Gasteiger partial charge < -0.3 is 10.6 Å². The van der Waals surface area contributed by atoms with E-state index in [4.69, 9.17) is 0 Å². The lowest BCUT2D eigenvalue weighted by molar-refractivity contribution is 0.102. The van der Waals surface area contributed by atoms with Crippen molar-refractivity contribution in [1.82, 2.24) is 14.6 Å². The van der Waals surface area contributed by atoms with Crippen molar-refractivity contribution in [2.75, 3.05) is 10.6 Å². The van der Waals surface area contributed by atoms with Crippen molar-refractivity contribution in [3.05, 3.63) is 89.8 Å². The topological polar surface area (TPSA) is 71.3 Å². The van der Waals surface area contributed by atoms with Crippen molar-refractivity contribution in [1.29, 1.82) is 0 Å². The van der Waals surface area contributed by atoms with Crippen LogP contribution in [0.25, 0.3) is 5.65 Å². The van der Waals surface area contributed by atoms with Gasteiger partial charge >= 0.3 is 0 Å². The molecule has 0 unspecified atom stereocenters. The second-order valence-corrected chi connectivity index (χ2v) is 6.05. The number of nitrogens with one attached hydrogen (secondary N) is 2. The summed E-state index contributed by atoms with van der Waals surface area (Å²) in [6, 6.07) is 14.1. The number of para-hydroxylation sites is 1. The summed E-state index contributed by atoms with van der Waals surface area (Å²) in [6.07, 6.45) is 3.08. The number of rotatable bonds is 5. The predicted octanol–water partition coefficient (Wildman–Crippen LogP) is 3.87. The number of aromatic nitrogens is 3. The van der Waals surface area contributed by atoms with Crippen LogP contribution in [0.1, 0.15) is 15.9 Å². The van der Waals surface area contributed by atoms with Crippen LogP contribution in [0.4, 0.5) is 20.3 Å². The molecule has 0 aliphatic carbocycles. The van der Waals surface area contributed by atoms with Gasteiger partial charge in [0, 0.05) is 30.1 Å². The Bertz CT molecular complexity index is 1140. The number of halogens is 2. The van der Waals surface area contributed by atoms with Gasteiger partial charge in [-0.1, -0.05) is 24.3 Å². The minimum Gasteiger partial charge on any atom is -0.366 e. The van der Waals surface area contributed by atoms with E-state index in [2.05, 4.69) is 20.7 Å². The first-order chi connectivity index (χ1) is 13.6. The fourth-order valence-electron chi connectivity index (χ4n) is 2.70. The van der Waals surface area contributed by atoms with Crippen LogP contribution >= 0.6 is 0 Å². The Hall–Kier alpha value is -3.81. The van der Waals surface area contributed by atoms with E-state index >= 15 is 0 Å². The van der Waals surface area contributed by atoms with Gasteiger partial charge in [-0.25, -0.2) is 18.3 Å². The molecule has 1 amide bonds. The Morgan fingerprint density at radius 1 is 1.07 bits per heavy atom. The SMILES string of the molecule is O=C(Nc1ccccc1)c1cnn2ccc(NCc3ccc(F)cc3F)nc12. The van der Waals surface area contributed by atoms with Gasteiger partial charge in [0.2, 0.25) is 0 Å². The van der Waals surface area contributed by atoms with Crippen LogP contribution in [0.3, 0.4) is 0 Å². The summed E-state index contributed by atoms with van der Waals surface area (Å²) in [6.45, 7) is 0.120. The molecule has 0 saturated heterocycles. The van der Waals surface area contributed by atoms with Crippen molar-refractivity contribution in [3.8, 4) is 0 Å². The van der Waals surface area contributed by atoms with Crippen molar-refractivity contribution in [3.63, 3.8) is 0 Å². The molecule has 0 aliphatic heterocycles. The maximum Gasteiger partial charge on any atom is 0.261 e. The molecule has 0 fully saturated rings.